The summed E-state index contributed by atoms with van der Waals surface area (Å²) < 4.78 is 1.01. The molecule has 0 radical (unpaired) electrons. The number of carbonyl (C=O) groups excluding carboxylic acids is 1. The smallest absolute Gasteiger partial charge is 0.220 e. The van der Waals surface area contributed by atoms with Gasteiger partial charge in [-0.15, -0.1) is 11.3 Å². The quantitative estimate of drug-likeness (QED) is 0.571. The second-order valence-corrected chi connectivity index (χ2v) is 8.30. The van der Waals surface area contributed by atoms with Gasteiger partial charge in [0.25, 0.3) is 0 Å². The molecule has 3 aromatic rings. The van der Waals surface area contributed by atoms with E-state index >= 15 is 0 Å². The van der Waals surface area contributed by atoms with Crippen molar-refractivity contribution in [3.63, 3.8) is 0 Å². The SMILES string of the molecule is O=C(CCc1ccccc1Br)NCC(O)(c1ccsc1)c1cccs1. The van der Waals surface area contributed by atoms with Crippen LogP contribution < -0.4 is 5.32 Å². The molecule has 6 heteroatoms. The Labute approximate surface area is 163 Å². The monoisotopic (exact) mass is 435 g/mol. The van der Waals surface area contributed by atoms with Crippen molar-refractivity contribution < 1.29 is 9.90 Å². The molecule has 0 spiro atoms. The average Bonchev–Trinajstić information content (AvgIpc) is 3.32. The van der Waals surface area contributed by atoms with Crippen LogP contribution in [0.1, 0.15) is 22.4 Å². The predicted molar refractivity (Wildman–Crippen MR) is 107 cm³/mol. The molecule has 2 N–H and O–H groups in total. The van der Waals surface area contributed by atoms with Gasteiger partial charge in [-0.2, -0.15) is 11.3 Å². The fourth-order valence-electron chi connectivity index (χ4n) is 2.61. The first kappa shape index (κ1) is 18.3. The van der Waals surface area contributed by atoms with E-state index in [1.807, 2.05) is 58.6 Å². The van der Waals surface area contributed by atoms with Crippen LogP contribution in [0.25, 0.3) is 0 Å². The number of thiophene rings is 2. The summed E-state index contributed by atoms with van der Waals surface area (Å²) in [6, 6.07) is 13.6. The molecule has 1 aromatic carbocycles. The van der Waals surface area contributed by atoms with Crippen LogP contribution in [0.5, 0.6) is 0 Å². The highest BCUT2D eigenvalue weighted by Crippen LogP contribution is 2.33. The lowest BCUT2D eigenvalue weighted by Crippen LogP contribution is -2.41. The van der Waals surface area contributed by atoms with Crippen molar-refractivity contribution in [3.8, 4) is 0 Å². The van der Waals surface area contributed by atoms with Gasteiger partial charge in [-0.3, -0.25) is 4.79 Å². The molecular weight excluding hydrogens is 418 g/mol. The van der Waals surface area contributed by atoms with E-state index in [0.29, 0.717) is 12.8 Å². The molecule has 2 aromatic heterocycles. The number of aryl methyl sites for hydroxylation is 1. The molecule has 3 rings (SSSR count). The normalized spacial score (nSPS) is 13.4. The third-order valence-corrected chi connectivity index (χ3v) is 6.53. The van der Waals surface area contributed by atoms with Gasteiger partial charge in [0.1, 0.15) is 5.60 Å². The maximum absolute atomic E-state index is 12.3. The van der Waals surface area contributed by atoms with Crippen LogP contribution in [0.4, 0.5) is 0 Å². The molecule has 0 saturated heterocycles. The molecule has 1 unspecified atom stereocenters. The number of amides is 1. The Balaban J connectivity index is 1.64. The predicted octanol–water partition coefficient (Wildman–Crippen LogP) is 4.56. The van der Waals surface area contributed by atoms with Gasteiger partial charge in [-0.1, -0.05) is 40.2 Å². The summed E-state index contributed by atoms with van der Waals surface area (Å²) in [6.07, 6.45) is 1.04. The minimum absolute atomic E-state index is 0.0686. The van der Waals surface area contributed by atoms with E-state index in [1.54, 1.807) is 0 Å². The first-order valence-electron chi connectivity index (χ1n) is 7.89. The lowest BCUT2D eigenvalue weighted by molar-refractivity contribution is -0.122. The van der Waals surface area contributed by atoms with Crippen molar-refractivity contribution in [1.29, 1.82) is 0 Å². The number of nitrogens with one attached hydrogen (secondary N) is 1. The van der Waals surface area contributed by atoms with Gasteiger partial charge in [0.15, 0.2) is 0 Å². The maximum atomic E-state index is 12.3. The van der Waals surface area contributed by atoms with Crippen molar-refractivity contribution >= 4 is 44.5 Å². The van der Waals surface area contributed by atoms with Crippen LogP contribution in [0.15, 0.2) is 63.1 Å². The molecule has 0 aliphatic carbocycles. The van der Waals surface area contributed by atoms with Gasteiger partial charge in [0.2, 0.25) is 5.91 Å². The number of hydrogen-bond donors (Lipinski definition) is 2. The molecule has 3 nitrogen and oxygen atoms in total. The Kier molecular flexibility index (Phi) is 6.06. The Morgan fingerprint density at radius 1 is 1.16 bits per heavy atom. The molecule has 130 valence electrons. The second-order valence-electron chi connectivity index (χ2n) is 5.72. The van der Waals surface area contributed by atoms with E-state index in [-0.39, 0.29) is 12.5 Å². The molecule has 0 aliphatic rings. The van der Waals surface area contributed by atoms with Crippen molar-refractivity contribution in [3.05, 3.63) is 79.1 Å². The van der Waals surface area contributed by atoms with E-state index in [2.05, 4.69) is 21.2 Å². The molecule has 25 heavy (non-hydrogen) atoms. The molecule has 1 amide bonds. The molecule has 0 saturated carbocycles. The van der Waals surface area contributed by atoms with Crippen molar-refractivity contribution in [2.75, 3.05) is 6.54 Å². The fraction of sp³-hybridized carbons (Fsp3) is 0.211. The van der Waals surface area contributed by atoms with Crippen molar-refractivity contribution in [1.82, 2.24) is 5.32 Å². The van der Waals surface area contributed by atoms with Gasteiger partial charge in [0, 0.05) is 21.3 Å². The Morgan fingerprint density at radius 3 is 2.68 bits per heavy atom. The highest BCUT2D eigenvalue weighted by atomic mass is 79.9. The third kappa shape index (κ3) is 4.39. The van der Waals surface area contributed by atoms with Gasteiger partial charge < -0.3 is 10.4 Å². The summed E-state index contributed by atoms with van der Waals surface area (Å²) >= 11 is 6.52. The lowest BCUT2D eigenvalue weighted by Gasteiger charge is -2.27. The first-order chi connectivity index (χ1) is 12.1. The Bertz CT molecular complexity index is 782. The van der Waals surface area contributed by atoms with Crippen molar-refractivity contribution in [2.24, 2.45) is 0 Å². The summed E-state index contributed by atoms with van der Waals surface area (Å²) in [7, 11) is 0. The summed E-state index contributed by atoms with van der Waals surface area (Å²) in [6.45, 7) is 0.166. The summed E-state index contributed by atoms with van der Waals surface area (Å²) in [5.74, 6) is -0.0686. The van der Waals surface area contributed by atoms with Crippen LogP contribution in [-0.2, 0) is 16.8 Å². The zero-order valence-electron chi connectivity index (χ0n) is 13.4. The number of hydrogen-bond acceptors (Lipinski definition) is 4. The van der Waals surface area contributed by atoms with Crippen LogP contribution in [-0.4, -0.2) is 17.6 Å². The molecule has 0 aliphatic heterocycles. The van der Waals surface area contributed by atoms with Gasteiger partial charge >= 0.3 is 0 Å². The van der Waals surface area contributed by atoms with Crippen LogP contribution in [0, 0.1) is 0 Å². The largest absolute Gasteiger partial charge is 0.378 e. The van der Waals surface area contributed by atoms with E-state index < -0.39 is 5.60 Å². The number of aliphatic hydroxyl groups is 1. The average molecular weight is 436 g/mol. The number of rotatable bonds is 7. The topological polar surface area (TPSA) is 49.3 Å². The highest BCUT2D eigenvalue weighted by molar-refractivity contribution is 9.10. The van der Waals surface area contributed by atoms with Crippen LogP contribution >= 0.6 is 38.6 Å². The van der Waals surface area contributed by atoms with E-state index in [1.165, 1.54) is 22.7 Å². The summed E-state index contributed by atoms with van der Waals surface area (Å²) in [5, 5.41) is 19.9. The van der Waals surface area contributed by atoms with E-state index in [0.717, 1.165) is 20.5 Å². The van der Waals surface area contributed by atoms with Gasteiger partial charge in [-0.25, -0.2) is 0 Å². The highest BCUT2D eigenvalue weighted by Gasteiger charge is 2.33. The number of carbonyl (C=O) groups is 1. The van der Waals surface area contributed by atoms with Gasteiger partial charge in [-0.05, 0) is 46.3 Å². The first-order valence-corrected chi connectivity index (χ1v) is 10.5. The van der Waals surface area contributed by atoms with E-state index in [9.17, 15) is 9.90 Å². The standard InChI is InChI=1S/C19H18BrNO2S2/c20-16-5-2-1-4-14(16)7-8-18(22)21-13-19(23,15-9-11-24-12-15)17-6-3-10-25-17/h1-6,9-12,23H,7-8,13H2,(H,21,22). The summed E-state index contributed by atoms with van der Waals surface area (Å²) in [4.78, 5) is 13.1. The number of benzene rings is 1. The van der Waals surface area contributed by atoms with Crippen LogP contribution in [0.2, 0.25) is 0 Å². The molecule has 0 fully saturated rings. The molecule has 1 atom stereocenters. The molecule has 0 bridgehead atoms. The third-order valence-electron chi connectivity index (χ3n) is 4.05. The Hall–Kier alpha value is -1.47. The molecule has 2 heterocycles. The zero-order valence-corrected chi connectivity index (χ0v) is 16.7. The Morgan fingerprint density at radius 2 is 2.00 bits per heavy atom. The summed E-state index contributed by atoms with van der Waals surface area (Å²) in [5.41, 5.74) is 0.729. The second kappa shape index (κ2) is 8.27. The van der Waals surface area contributed by atoms with Gasteiger partial charge in [0.05, 0.1) is 6.54 Å². The minimum Gasteiger partial charge on any atom is -0.378 e. The maximum Gasteiger partial charge on any atom is 0.220 e. The van der Waals surface area contributed by atoms with Crippen molar-refractivity contribution in [2.45, 2.75) is 18.4 Å². The number of halogens is 1. The van der Waals surface area contributed by atoms with E-state index in [4.69, 9.17) is 0 Å². The zero-order chi connectivity index (χ0) is 17.7. The minimum atomic E-state index is -1.18. The lowest BCUT2D eigenvalue weighted by atomic mass is 9.94. The van der Waals surface area contributed by atoms with Crippen LogP contribution in [0.3, 0.4) is 0 Å². The molecular formula is C19H18BrNO2S2. The fourth-order valence-corrected chi connectivity index (χ4v) is 4.66.